The van der Waals surface area contributed by atoms with E-state index in [2.05, 4.69) is 15.3 Å². The van der Waals surface area contributed by atoms with Crippen molar-refractivity contribution < 1.29 is 13.9 Å². The fraction of sp³-hybridized carbons (Fsp3) is 0.292. The molecule has 5 N–H and O–H groups in total. The summed E-state index contributed by atoms with van der Waals surface area (Å²) in [4.78, 5) is 20.5. The standard InChI is InChI=1S/C24H28ClFN6O2/c1-14(29-2)17(22(28)24(33)30-3)9-11-34-23-18(5-6-19(25)21(23)26)15-4-7-20-31-12-16(8-10-27)32(20)13-15/h4-7,12-13H,8-11,27-28H2,1-3H3,(H,30,33). The molecular weight excluding hydrogens is 459 g/mol. The molecule has 0 saturated heterocycles. The normalized spacial score (nSPS) is 12.6. The van der Waals surface area contributed by atoms with Gasteiger partial charge in [-0.3, -0.25) is 9.79 Å². The largest absolute Gasteiger partial charge is 0.489 e. The Kier molecular flexibility index (Phi) is 8.25. The van der Waals surface area contributed by atoms with Crippen molar-refractivity contribution >= 4 is 28.9 Å². The molecule has 3 rings (SSSR count). The molecule has 10 heteroatoms. The molecule has 0 unspecified atom stereocenters. The summed E-state index contributed by atoms with van der Waals surface area (Å²) in [7, 11) is 3.10. The van der Waals surface area contributed by atoms with Crippen molar-refractivity contribution in [3.05, 3.63) is 64.5 Å². The van der Waals surface area contributed by atoms with Crippen molar-refractivity contribution in [2.75, 3.05) is 27.2 Å². The van der Waals surface area contributed by atoms with Crippen LogP contribution in [0.2, 0.25) is 5.02 Å². The van der Waals surface area contributed by atoms with Crippen LogP contribution in [0.3, 0.4) is 0 Å². The molecule has 0 atom stereocenters. The van der Waals surface area contributed by atoms with Gasteiger partial charge >= 0.3 is 0 Å². The molecule has 180 valence electrons. The highest BCUT2D eigenvalue weighted by molar-refractivity contribution is 6.31. The molecule has 2 heterocycles. The number of nitrogens with zero attached hydrogens (tertiary/aromatic N) is 3. The highest BCUT2D eigenvalue weighted by Crippen LogP contribution is 2.36. The lowest BCUT2D eigenvalue weighted by Crippen LogP contribution is -2.28. The number of carbonyl (C=O) groups excluding carboxylic acids is 1. The van der Waals surface area contributed by atoms with Gasteiger partial charge < -0.3 is 25.9 Å². The third kappa shape index (κ3) is 5.21. The first-order chi connectivity index (χ1) is 16.3. The molecular formula is C24H28ClFN6O2. The number of halogens is 2. The zero-order valence-electron chi connectivity index (χ0n) is 19.4. The number of nitrogens with one attached hydrogen (secondary N) is 1. The van der Waals surface area contributed by atoms with Crippen molar-refractivity contribution in [3.8, 4) is 16.9 Å². The molecule has 0 radical (unpaired) electrons. The van der Waals surface area contributed by atoms with Gasteiger partial charge in [0.15, 0.2) is 11.6 Å². The molecule has 1 aromatic carbocycles. The summed E-state index contributed by atoms with van der Waals surface area (Å²) < 4.78 is 22.9. The molecule has 0 saturated carbocycles. The minimum absolute atomic E-state index is 0.0105. The minimum atomic E-state index is -0.669. The van der Waals surface area contributed by atoms with E-state index in [4.69, 9.17) is 27.8 Å². The van der Waals surface area contributed by atoms with Gasteiger partial charge in [0.1, 0.15) is 11.3 Å². The number of rotatable bonds is 9. The summed E-state index contributed by atoms with van der Waals surface area (Å²) in [5.74, 6) is -1.08. The molecule has 0 spiro atoms. The number of amides is 1. The summed E-state index contributed by atoms with van der Waals surface area (Å²) in [5, 5.41) is 2.44. The number of benzene rings is 1. The van der Waals surface area contributed by atoms with Crippen LogP contribution in [0, 0.1) is 5.82 Å². The van der Waals surface area contributed by atoms with Gasteiger partial charge in [-0.2, -0.15) is 0 Å². The van der Waals surface area contributed by atoms with E-state index >= 15 is 4.39 Å². The Bertz CT molecular complexity index is 1270. The highest BCUT2D eigenvalue weighted by Gasteiger charge is 2.18. The zero-order chi connectivity index (χ0) is 24.8. The summed E-state index contributed by atoms with van der Waals surface area (Å²) >= 11 is 6.06. The lowest BCUT2D eigenvalue weighted by Gasteiger charge is -2.16. The SMILES string of the molecule is CN=C(C)C(CCOc1c(-c2ccc3ncc(CCN)n3c2)ccc(Cl)c1F)=C(N)C(=O)NC. The predicted octanol–water partition coefficient (Wildman–Crippen LogP) is 3.11. The van der Waals surface area contributed by atoms with E-state index in [0.717, 1.165) is 16.9 Å². The molecule has 2 aromatic heterocycles. The Morgan fingerprint density at radius 3 is 2.76 bits per heavy atom. The number of pyridine rings is 1. The lowest BCUT2D eigenvalue weighted by atomic mass is 10.0. The van der Waals surface area contributed by atoms with Gasteiger partial charge in [-0.25, -0.2) is 9.37 Å². The Morgan fingerprint density at radius 1 is 1.32 bits per heavy atom. The van der Waals surface area contributed by atoms with Crippen LogP contribution in [0.5, 0.6) is 5.75 Å². The van der Waals surface area contributed by atoms with Gasteiger partial charge in [-0.05, 0) is 37.7 Å². The Morgan fingerprint density at radius 2 is 2.09 bits per heavy atom. The van der Waals surface area contributed by atoms with Crippen LogP contribution < -0.4 is 21.5 Å². The fourth-order valence-electron chi connectivity index (χ4n) is 3.60. The first-order valence-electron chi connectivity index (χ1n) is 10.7. The number of carbonyl (C=O) groups is 1. The van der Waals surface area contributed by atoms with Crippen molar-refractivity contribution in [2.45, 2.75) is 19.8 Å². The minimum Gasteiger partial charge on any atom is -0.489 e. The van der Waals surface area contributed by atoms with Crippen LogP contribution in [-0.4, -0.2) is 48.3 Å². The Hall–Kier alpha value is -3.43. The third-order valence-corrected chi connectivity index (χ3v) is 5.80. The number of likely N-dealkylation sites (N-methyl/N-ethyl adjacent to an activating group) is 1. The second kappa shape index (κ2) is 11.1. The van der Waals surface area contributed by atoms with Gasteiger partial charge in [0, 0.05) is 67.4 Å². The van der Waals surface area contributed by atoms with Gasteiger partial charge in [0.05, 0.1) is 11.6 Å². The van der Waals surface area contributed by atoms with E-state index < -0.39 is 11.7 Å². The number of fused-ring (bicyclic) bond motifs is 1. The number of aliphatic imine (C=N–C) groups is 1. The molecule has 3 aromatic rings. The van der Waals surface area contributed by atoms with Crippen LogP contribution in [0.1, 0.15) is 19.0 Å². The van der Waals surface area contributed by atoms with Crippen molar-refractivity contribution in [2.24, 2.45) is 16.5 Å². The quantitative estimate of drug-likeness (QED) is 0.317. The van der Waals surface area contributed by atoms with Crippen LogP contribution in [0.15, 0.2) is 52.9 Å². The first-order valence-corrected chi connectivity index (χ1v) is 11.1. The monoisotopic (exact) mass is 486 g/mol. The van der Waals surface area contributed by atoms with E-state index in [1.165, 1.54) is 13.1 Å². The van der Waals surface area contributed by atoms with E-state index in [9.17, 15) is 4.79 Å². The van der Waals surface area contributed by atoms with E-state index in [-0.39, 0.29) is 29.5 Å². The first kappa shape index (κ1) is 25.2. The topological polar surface area (TPSA) is 120 Å². The van der Waals surface area contributed by atoms with Crippen LogP contribution in [-0.2, 0) is 11.2 Å². The molecule has 0 bridgehead atoms. The fourth-order valence-corrected chi connectivity index (χ4v) is 3.74. The number of hydrogen-bond acceptors (Lipinski definition) is 6. The molecule has 1 amide bonds. The number of ether oxygens (including phenoxy) is 1. The zero-order valence-corrected chi connectivity index (χ0v) is 20.1. The Labute approximate surface area is 202 Å². The lowest BCUT2D eigenvalue weighted by molar-refractivity contribution is -0.117. The van der Waals surface area contributed by atoms with Crippen molar-refractivity contribution in [3.63, 3.8) is 0 Å². The molecule has 0 aliphatic heterocycles. The van der Waals surface area contributed by atoms with Crippen LogP contribution in [0.25, 0.3) is 16.8 Å². The van der Waals surface area contributed by atoms with E-state index in [0.29, 0.717) is 29.8 Å². The summed E-state index contributed by atoms with van der Waals surface area (Å²) in [5.41, 5.74) is 15.8. The number of hydrogen-bond donors (Lipinski definition) is 3. The third-order valence-electron chi connectivity index (χ3n) is 5.51. The molecule has 34 heavy (non-hydrogen) atoms. The van der Waals surface area contributed by atoms with Crippen molar-refractivity contribution in [1.29, 1.82) is 0 Å². The maximum Gasteiger partial charge on any atom is 0.267 e. The average molecular weight is 487 g/mol. The molecule has 0 fully saturated rings. The van der Waals surface area contributed by atoms with E-state index in [1.807, 2.05) is 22.7 Å². The summed E-state index contributed by atoms with van der Waals surface area (Å²) in [6.45, 7) is 2.28. The molecule has 0 aliphatic carbocycles. The van der Waals surface area contributed by atoms with Crippen LogP contribution >= 0.6 is 11.6 Å². The van der Waals surface area contributed by atoms with Crippen molar-refractivity contribution in [1.82, 2.24) is 14.7 Å². The smallest absolute Gasteiger partial charge is 0.267 e. The highest BCUT2D eigenvalue weighted by atomic mass is 35.5. The molecule has 8 nitrogen and oxygen atoms in total. The maximum atomic E-state index is 15.1. The van der Waals surface area contributed by atoms with E-state index in [1.54, 1.807) is 26.2 Å². The predicted molar refractivity (Wildman–Crippen MR) is 133 cm³/mol. The van der Waals surface area contributed by atoms with Crippen LogP contribution in [0.4, 0.5) is 4.39 Å². The van der Waals surface area contributed by atoms with Gasteiger partial charge in [0.25, 0.3) is 5.91 Å². The maximum absolute atomic E-state index is 15.1. The van der Waals surface area contributed by atoms with Gasteiger partial charge in [-0.1, -0.05) is 11.6 Å². The van der Waals surface area contributed by atoms with Gasteiger partial charge in [-0.15, -0.1) is 0 Å². The summed E-state index contributed by atoms with van der Waals surface area (Å²) in [6.07, 6.45) is 4.54. The van der Waals surface area contributed by atoms with Gasteiger partial charge in [0.2, 0.25) is 0 Å². The number of aromatic nitrogens is 2. The number of nitrogens with two attached hydrogens (primary N) is 2. The Balaban J connectivity index is 1.96. The second-order valence-electron chi connectivity index (χ2n) is 7.55. The summed E-state index contributed by atoms with van der Waals surface area (Å²) in [6, 6.07) is 6.88. The molecule has 0 aliphatic rings. The average Bonchev–Trinajstić information content (AvgIpc) is 3.25. The second-order valence-corrected chi connectivity index (χ2v) is 7.96. The number of imidazole rings is 1.